The lowest BCUT2D eigenvalue weighted by molar-refractivity contribution is -0.139. The molecule has 0 saturated heterocycles. The van der Waals surface area contributed by atoms with Crippen molar-refractivity contribution in [2.24, 2.45) is 5.92 Å². The highest BCUT2D eigenvalue weighted by Crippen LogP contribution is 2.16. The number of nitrogens with one attached hydrogen (secondary N) is 3. The van der Waals surface area contributed by atoms with E-state index in [9.17, 15) is 24.3 Å². The van der Waals surface area contributed by atoms with Crippen molar-refractivity contribution in [1.29, 1.82) is 0 Å². The molecule has 0 fully saturated rings. The minimum atomic E-state index is -1.16. The van der Waals surface area contributed by atoms with Gasteiger partial charge in [0.1, 0.15) is 29.1 Å². The SMILES string of the molecule is COc1ccnc(NCCCOc2ccc(C[C@H](NC(=O)c3ccc(NC(=O)CCCC(=O)C(C)C)cc3)C(=O)O)cc2)c1. The summed E-state index contributed by atoms with van der Waals surface area (Å²) in [5, 5.41) is 18.2. The minimum absolute atomic E-state index is 0.0496. The Morgan fingerprint density at radius 3 is 2.30 bits per heavy atom. The van der Waals surface area contributed by atoms with Crippen LogP contribution >= 0.6 is 0 Å². The zero-order chi connectivity index (χ0) is 31.9. The molecule has 4 N–H and O–H groups in total. The number of aliphatic carboxylic acids is 1. The number of benzene rings is 2. The van der Waals surface area contributed by atoms with E-state index in [1.54, 1.807) is 55.8 Å². The number of hydrogen-bond donors (Lipinski definition) is 4. The molecule has 1 aromatic heterocycles. The number of pyridine rings is 1. The standard InChI is InChI=1S/C33H40N4O7/c1-22(2)29(38)6-4-7-31(39)36-25-12-10-24(11-13-25)32(40)37-28(33(41)42)20-23-8-14-26(15-9-23)44-19-5-17-34-30-21-27(43-3)16-18-35-30/h8-16,18,21-22,28H,4-7,17,19-20H2,1-3H3,(H,34,35)(H,36,39)(H,37,40)(H,41,42)/t28-/m0/s1. The number of carbonyl (C=O) groups is 4. The van der Waals surface area contributed by atoms with Crippen molar-refractivity contribution in [3.05, 3.63) is 78.0 Å². The molecule has 0 radical (unpaired) electrons. The lowest BCUT2D eigenvalue weighted by atomic mass is 10.0. The lowest BCUT2D eigenvalue weighted by Gasteiger charge is -2.15. The number of carbonyl (C=O) groups excluding carboxylic acids is 3. The van der Waals surface area contributed by atoms with Crippen LogP contribution in [0.5, 0.6) is 11.5 Å². The Morgan fingerprint density at radius 1 is 0.909 bits per heavy atom. The van der Waals surface area contributed by atoms with E-state index in [2.05, 4.69) is 20.9 Å². The minimum Gasteiger partial charge on any atom is -0.497 e. The molecular weight excluding hydrogens is 564 g/mol. The third-order valence-corrected chi connectivity index (χ3v) is 6.73. The van der Waals surface area contributed by atoms with Gasteiger partial charge in [0.2, 0.25) is 5.91 Å². The van der Waals surface area contributed by atoms with E-state index in [0.717, 1.165) is 23.6 Å². The Morgan fingerprint density at radius 2 is 1.64 bits per heavy atom. The van der Waals surface area contributed by atoms with E-state index in [1.165, 1.54) is 12.1 Å². The number of nitrogens with zero attached hydrogens (tertiary/aromatic N) is 1. The Hall–Kier alpha value is -4.93. The van der Waals surface area contributed by atoms with Gasteiger partial charge in [-0.15, -0.1) is 0 Å². The fourth-order valence-corrected chi connectivity index (χ4v) is 4.15. The van der Waals surface area contributed by atoms with E-state index in [-0.39, 0.29) is 36.0 Å². The van der Waals surface area contributed by atoms with Gasteiger partial charge in [-0.1, -0.05) is 26.0 Å². The van der Waals surface area contributed by atoms with Gasteiger partial charge in [0, 0.05) is 55.2 Å². The van der Waals surface area contributed by atoms with Gasteiger partial charge in [-0.25, -0.2) is 9.78 Å². The Labute approximate surface area is 257 Å². The molecule has 3 aromatic rings. The number of aromatic nitrogens is 1. The molecule has 3 rings (SSSR count). The molecule has 2 amide bonds. The summed E-state index contributed by atoms with van der Waals surface area (Å²) < 4.78 is 11.0. The first-order chi connectivity index (χ1) is 21.1. The summed E-state index contributed by atoms with van der Waals surface area (Å²) >= 11 is 0. The Kier molecular flexibility index (Phi) is 13.2. The van der Waals surface area contributed by atoms with Crippen molar-refractivity contribution in [3.8, 4) is 11.5 Å². The van der Waals surface area contributed by atoms with Gasteiger partial charge in [-0.2, -0.15) is 0 Å². The van der Waals surface area contributed by atoms with Crippen molar-refractivity contribution in [3.63, 3.8) is 0 Å². The largest absolute Gasteiger partial charge is 0.497 e. The van der Waals surface area contributed by atoms with Crippen LogP contribution in [0.1, 0.15) is 55.5 Å². The second-order valence-corrected chi connectivity index (χ2v) is 10.5. The maximum absolute atomic E-state index is 12.8. The molecule has 0 bridgehead atoms. The Bertz CT molecular complexity index is 1390. The van der Waals surface area contributed by atoms with Crippen LogP contribution in [0.15, 0.2) is 66.9 Å². The number of hydrogen-bond acceptors (Lipinski definition) is 8. The van der Waals surface area contributed by atoms with Crippen molar-refractivity contribution in [1.82, 2.24) is 10.3 Å². The first-order valence-corrected chi connectivity index (χ1v) is 14.6. The van der Waals surface area contributed by atoms with Gasteiger partial charge in [0.15, 0.2) is 0 Å². The van der Waals surface area contributed by atoms with Gasteiger partial charge in [-0.05, 0) is 60.9 Å². The average Bonchev–Trinajstić information content (AvgIpc) is 3.01. The molecule has 0 aliphatic carbocycles. The lowest BCUT2D eigenvalue weighted by Crippen LogP contribution is -2.42. The second-order valence-electron chi connectivity index (χ2n) is 10.5. The van der Waals surface area contributed by atoms with Crippen molar-refractivity contribution in [2.75, 3.05) is 30.9 Å². The highest BCUT2D eigenvalue weighted by molar-refractivity contribution is 5.97. The van der Waals surface area contributed by atoms with Gasteiger partial charge in [0.25, 0.3) is 5.91 Å². The number of carboxylic acids is 1. The van der Waals surface area contributed by atoms with Crippen LogP contribution in [0.3, 0.4) is 0 Å². The van der Waals surface area contributed by atoms with Gasteiger partial charge < -0.3 is 30.5 Å². The fraction of sp³-hybridized carbons (Fsp3) is 0.364. The molecule has 11 nitrogen and oxygen atoms in total. The molecule has 0 aliphatic heterocycles. The zero-order valence-electron chi connectivity index (χ0n) is 25.3. The van der Waals surface area contributed by atoms with Crippen LogP contribution in [0.4, 0.5) is 11.5 Å². The number of rotatable bonds is 18. The quantitative estimate of drug-likeness (QED) is 0.151. The van der Waals surface area contributed by atoms with Crippen LogP contribution in [0, 0.1) is 5.92 Å². The van der Waals surface area contributed by atoms with Crippen LogP contribution in [0.25, 0.3) is 0 Å². The molecule has 44 heavy (non-hydrogen) atoms. The highest BCUT2D eigenvalue weighted by Gasteiger charge is 2.21. The topological polar surface area (TPSA) is 156 Å². The van der Waals surface area contributed by atoms with Crippen molar-refractivity contribution >= 4 is 35.1 Å². The number of ketones is 1. The zero-order valence-corrected chi connectivity index (χ0v) is 25.3. The highest BCUT2D eigenvalue weighted by atomic mass is 16.5. The van der Waals surface area contributed by atoms with E-state index in [0.29, 0.717) is 37.4 Å². The predicted molar refractivity (Wildman–Crippen MR) is 167 cm³/mol. The number of Topliss-reactive ketones (excluding diaryl/α,β-unsaturated/α-hetero) is 1. The number of amides is 2. The number of ether oxygens (including phenoxy) is 2. The maximum Gasteiger partial charge on any atom is 0.326 e. The first kappa shape index (κ1) is 33.6. The third-order valence-electron chi connectivity index (χ3n) is 6.73. The summed E-state index contributed by atoms with van der Waals surface area (Å²) in [6.07, 6.45) is 3.54. The molecule has 0 unspecified atom stereocenters. The van der Waals surface area contributed by atoms with Crippen LogP contribution < -0.4 is 25.4 Å². The molecule has 2 aromatic carbocycles. The second kappa shape index (κ2) is 17.3. The van der Waals surface area contributed by atoms with Crippen LogP contribution in [-0.4, -0.2) is 60.0 Å². The normalized spacial score (nSPS) is 11.4. The molecular formula is C33H40N4O7. The van der Waals surface area contributed by atoms with E-state index in [4.69, 9.17) is 9.47 Å². The van der Waals surface area contributed by atoms with E-state index < -0.39 is 17.9 Å². The average molecular weight is 605 g/mol. The summed E-state index contributed by atoms with van der Waals surface area (Å²) in [6.45, 7) is 4.80. The predicted octanol–water partition coefficient (Wildman–Crippen LogP) is 4.73. The molecule has 0 saturated carbocycles. The van der Waals surface area contributed by atoms with E-state index >= 15 is 0 Å². The van der Waals surface area contributed by atoms with Crippen LogP contribution in [0.2, 0.25) is 0 Å². The third kappa shape index (κ3) is 11.4. The number of carboxylic acid groups (broad SMARTS) is 1. The van der Waals surface area contributed by atoms with E-state index in [1.807, 2.05) is 19.9 Å². The first-order valence-electron chi connectivity index (χ1n) is 14.6. The smallest absolute Gasteiger partial charge is 0.326 e. The summed E-state index contributed by atoms with van der Waals surface area (Å²) in [7, 11) is 1.60. The van der Waals surface area contributed by atoms with Crippen LogP contribution in [-0.2, 0) is 20.8 Å². The molecule has 11 heteroatoms. The summed E-state index contributed by atoms with van der Waals surface area (Å²) in [6, 6.07) is 15.7. The Balaban J connectivity index is 1.42. The summed E-state index contributed by atoms with van der Waals surface area (Å²) in [4.78, 5) is 52.8. The molecule has 0 aliphatic rings. The number of anilines is 2. The summed E-state index contributed by atoms with van der Waals surface area (Å²) in [5.41, 5.74) is 1.49. The molecule has 0 spiro atoms. The van der Waals surface area contributed by atoms with Crippen molar-refractivity contribution < 1.29 is 33.8 Å². The maximum atomic E-state index is 12.8. The van der Waals surface area contributed by atoms with Gasteiger partial charge >= 0.3 is 5.97 Å². The molecule has 1 atom stereocenters. The van der Waals surface area contributed by atoms with Crippen molar-refractivity contribution in [2.45, 2.75) is 52.0 Å². The molecule has 1 heterocycles. The van der Waals surface area contributed by atoms with Gasteiger partial charge in [0.05, 0.1) is 13.7 Å². The summed E-state index contributed by atoms with van der Waals surface area (Å²) in [5.74, 6) is 0.254. The molecule has 234 valence electrons. The number of methoxy groups -OCH3 is 1. The fourth-order valence-electron chi connectivity index (χ4n) is 4.15. The van der Waals surface area contributed by atoms with Gasteiger partial charge in [-0.3, -0.25) is 14.4 Å². The monoisotopic (exact) mass is 604 g/mol.